The molecule has 2 aromatic heterocycles. The van der Waals surface area contributed by atoms with Gasteiger partial charge in [-0.3, -0.25) is 9.89 Å². The Balaban J connectivity index is 1.41. The molecule has 28 heavy (non-hydrogen) atoms. The van der Waals surface area contributed by atoms with Crippen LogP contribution in [-0.2, 0) is 0 Å². The molecule has 0 spiro atoms. The number of methoxy groups -OCH3 is 1. The van der Waals surface area contributed by atoms with Crippen molar-refractivity contribution in [2.24, 2.45) is 0 Å². The third kappa shape index (κ3) is 3.66. The average Bonchev–Trinajstić information content (AvgIpc) is 3.24. The standard InChI is InChI=1S/C20H22N6O2/c1-14-6-7-19(24-21-14)25-8-10-26(11-9-25)20(27)18-13-17(22-23-18)15-4-3-5-16(12-15)28-2/h3-7,12-13H,8-11H2,1-2H3,(H,22,23). The molecule has 0 aliphatic carbocycles. The fraction of sp³-hybridized carbons (Fsp3) is 0.300. The van der Waals surface area contributed by atoms with E-state index in [4.69, 9.17) is 4.74 Å². The van der Waals surface area contributed by atoms with Crippen molar-refractivity contribution in [2.75, 3.05) is 38.2 Å². The number of carbonyl (C=O) groups is 1. The van der Waals surface area contributed by atoms with Gasteiger partial charge < -0.3 is 14.5 Å². The zero-order chi connectivity index (χ0) is 19.5. The van der Waals surface area contributed by atoms with Crippen LogP contribution in [0.3, 0.4) is 0 Å². The monoisotopic (exact) mass is 378 g/mol. The number of benzene rings is 1. The molecule has 144 valence electrons. The Kier molecular flexibility index (Phi) is 4.92. The first-order valence-corrected chi connectivity index (χ1v) is 9.18. The number of H-pyrrole nitrogens is 1. The Morgan fingerprint density at radius 3 is 2.61 bits per heavy atom. The van der Waals surface area contributed by atoms with E-state index < -0.39 is 0 Å². The predicted molar refractivity (Wildman–Crippen MR) is 105 cm³/mol. The van der Waals surface area contributed by atoms with Crippen LogP contribution in [-0.4, -0.2) is 64.5 Å². The minimum atomic E-state index is -0.0451. The topological polar surface area (TPSA) is 87.2 Å². The van der Waals surface area contributed by atoms with Gasteiger partial charge in [-0.2, -0.15) is 10.2 Å². The van der Waals surface area contributed by atoms with Crippen LogP contribution in [0.15, 0.2) is 42.5 Å². The Bertz CT molecular complexity index is 961. The van der Waals surface area contributed by atoms with Crippen molar-refractivity contribution in [3.05, 3.63) is 53.9 Å². The molecule has 8 nitrogen and oxygen atoms in total. The van der Waals surface area contributed by atoms with Gasteiger partial charge in [0.2, 0.25) is 0 Å². The molecular formula is C20H22N6O2. The minimum absolute atomic E-state index is 0.0451. The van der Waals surface area contributed by atoms with E-state index in [9.17, 15) is 4.79 Å². The summed E-state index contributed by atoms with van der Waals surface area (Å²) in [6.07, 6.45) is 0. The number of aromatic nitrogens is 4. The SMILES string of the molecule is COc1cccc(-c2cc(C(=O)N3CCN(c4ccc(C)nn4)CC3)[nH]n2)c1. The number of nitrogens with one attached hydrogen (secondary N) is 1. The quantitative estimate of drug-likeness (QED) is 0.749. The lowest BCUT2D eigenvalue weighted by Crippen LogP contribution is -2.49. The normalized spacial score (nSPS) is 14.2. The number of ether oxygens (including phenoxy) is 1. The van der Waals surface area contributed by atoms with E-state index in [-0.39, 0.29) is 5.91 Å². The van der Waals surface area contributed by atoms with E-state index in [1.54, 1.807) is 13.2 Å². The molecule has 1 aliphatic heterocycles. The minimum Gasteiger partial charge on any atom is -0.497 e. The maximum atomic E-state index is 12.8. The van der Waals surface area contributed by atoms with Crippen LogP contribution >= 0.6 is 0 Å². The molecule has 0 unspecified atom stereocenters. The van der Waals surface area contributed by atoms with Crippen molar-refractivity contribution in [2.45, 2.75) is 6.92 Å². The highest BCUT2D eigenvalue weighted by Gasteiger charge is 2.24. The van der Waals surface area contributed by atoms with Gasteiger partial charge in [-0.05, 0) is 37.3 Å². The van der Waals surface area contributed by atoms with Gasteiger partial charge in [0.15, 0.2) is 5.82 Å². The smallest absolute Gasteiger partial charge is 0.272 e. The third-order valence-corrected chi connectivity index (χ3v) is 4.85. The molecule has 1 N–H and O–H groups in total. The fourth-order valence-electron chi connectivity index (χ4n) is 3.23. The van der Waals surface area contributed by atoms with Crippen LogP contribution in [0.1, 0.15) is 16.2 Å². The molecule has 4 rings (SSSR count). The Morgan fingerprint density at radius 2 is 1.89 bits per heavy atom. The molecule has 1 saturated heterocycles. The van der Waals surface area contributed by atoms with Crippen LogP contribution in [0.4, 0.5) is 5.82 Å². The Hall–Kier alpha value is -3.42. The summed E-state index contributed by atoms with van der Waals surface area (Å²) in [4.78, 5) is 16.8. The summed E-state index contributed by atoms with van der Waals surface area (Å²) in [5.74, 6) is 1.56. The number of anilines is 1. The Labute approximate surface area is 163 Å². The maximum absolute atomic E-state index is 12.8. The van der Waals surface area contributed by atoms with Gasteiger partial charge in [-0.15, -0.1) is 5.10 Å². The zero-order valence-corrected chi connectivity index (χ0v) is 15.9. The van der Waals surface area contributed by atoms with Crippen molar-refractivity contribution >= 4 is 11.7 Å². The van der Waals surface area contributed by atoms with E-state index in [1.807, 2.05) is 48.2 Å². The molecule has 3 heterocycles. The zero-order valence-electron chi connectivity index (χ0n) is 15.9. The maximum Gasteiger partial charge on any atom is 0.272 e. The van der Waals surface area contributed by atoms with Gasteiger partial charge in [-0.25, -0.2) is 0 Å². The first kappa shape index (κ1) is 18.0. The average molecular weight is 378 g/mol. The van der Waals surface area contributed by atoms with E-state index in [1.165, 1.54) is 0 Å². The van der Waals surface area contributed by atoms with Gasteiger partial charge >= 0.3 is 0 Å². The van der Waals surface area contributed by atoms with Crippen molar-refractivity contribution < 1.29 is 9.53 Å². The van der Waals surface area contributed by atoms with E-state index >= 15 is 0 Å². The molecular weight excluding hydrogens is 356 g/mol. The largest absolute Gasteiger partial charge is 0.497 e. The van der Waals surface area contributed by atoms with Crippen molar-refractivity contribution in [1.29, 1.82) is 0 Å². The summed E-state index contributed by atoms with van der Waals surface area (Å²) in [5.41, 5.74) is 3.00. The van der Waals surface area contributed by atoms with Crippen LogP contribution in [0.2, 0.25) is 0 Å². The van der Waals surface area contributed by atoms with Gasteiger partial charge in [0.1, 0.15) is 11.4 Å². The lowest BCUT2D eigenvalue weighted by Gasteiger charge is -2.34. The van der Waals surface area contributed by atoms with E-state index in [0.717, 1.165) is 41.6 Å². The number of carbonyl (C=O) groups excluding carboxylic acids is 1. The van der Waals surface area contributed by atoms with Gasteiger partial charge in [-0.1, -0.05) is 12.1 Å². The number of piperazine rings is 1. The summed E-state index contributed by atoms with van der Waals surface area (Å²) in [7, 11) is 1.63. The number of nitrogens with zero attached hydrogens (tertiary/aromatic N) is 5. The fourth-order valence-corrected chi connectivity index (χ4v) is 3.23. The molecule has 1 amide bonds. The lowest BCUT2D eigenvalue weighted by atomic mass is 10.1. The highest BCUT2D eigenvalue weighted by atomic mass is 16.5. The number of aryl methyl sites for hydroxylation is 1. The summed E-state index contributed by atoms with van der Waals surface area (Å²) in [6, 6.07) is 13.3. The molecule has 0 saturated carbocycles. The second-order valence-corrected chi connectivity index (χ2v) is 6.71. The molecule has 1 fully saturated rings. The van der Waals surface area contributed by atoms with E-state index in [2.05, 4.69) is 25.3 Å². The highest BCUT2D eigenvalue weighted by Crippen LogP contribution is 2.23. The van der Waals surface area contributed by atoms with E-state index in [0.29, 0.717) is 18.8 Å². The van der Waals surface area contributed by atoms with Crippen LogP contribution in [0, 0.1) is 6.92 Å². The second-order valence-electron chi connectivity index (χ2n) is 6.71. The molecule has 8 heteroatoms. The second kappa shape index (κ2) is 7.67. The van der Waals surface area contributed by atoms with Gasteiger partial charge in [0.05, 0.1) is 18.5 Å². The number of aromatic amines is 1. The van der Waals surface area contributed by atoms with Crippen LogP contribution < -0.4 is 9.64 Å². The predicted octanol–water partition coefficient (Wildman–Crippen LogP) is 2.15. The summed E-state index contributed by atoms with van der Waals surface area (Å²) < 4.78 is 5.25. The third-order valence-electron chi connectivity index (χ3n) is 4.85. The molecule has 3 aromatic rings. The number of hydrogen-bond donors (Lipinski definition) is 1. The Morgan fingerprint density at radius 1 is 1.07 bits per heavy atom. The first-order valence-electron chi connectivity index (χ1n) is 9.18. The highest BCUT2D eigenvalue weighted by molar-refractivity contribution is 5.93. The van der Waals surface area contributed by atoms with Crippen molar-refractivity contribution in [3.8, 4) is 17.0 Å². The number of amides is 1. The van der Waals surface area contributed by atoms with Crippen molar-refractivity contribution in [3.63, 3.8) is 0 Å². The molecule has 1 aliphatic rings. The number of hydrogen-bond acceptors (Lipinski definition) is 6. The van der Waals surface area contributed by atoms with Gasteiger partial charge in [0.25, 0.3) is 5.91 Å². The van der Waals surface area contributed by atoms with Crippen LogP contribution in [0.5, 0.6) is 5.75 Å². The molecule has 0 atom stereocenters. The molecule has 0 radical (unpaired) electrons. The summed E-state index contributed by atoms with van der Waals surface area (Å²) >= 11 is 0. The van der Waals surface area contributed by atoms with Gasteiger partial charge in [0, 0.05) is 31.7 Å². The molecule has 1 aromatic carbocycles. The first-order chi connectivity index (χ1) is 13.6. The molecule has 0 bridgehead atoms. The summed E-state index contributed by atoms with van der Waals surface area (Å²) in [6.45, 7) is 4.61. The summed E-state index contributed by atoms with van der Waals surface area (Å²) in [5, 5.41) is 15.5. The van der Waals surface area contributed by atoms with Crippen molar-refractivity contribution in [1.82, 2.24) is 25.3 Å². The van der Waals surface area contributed by atoms with Crippen LogP contribution in [0.25, 0.3) is 11.3 Å². The number of rotatable bonds is 4. The lowest BCUT2D eigenvalue weighted by molar-refractivity contribution is 0.0740.